The van der Waals surface area contributed by atoms with Crippen molar-refractivity contribution in [1.29, 1.82) is 5.26 Å². The smallest absolute Gasteiger partial charge is 0.124 e. The fraction of sp³-hybridized carbons (Fsp3) is 0.364. The highest BCUT2D eigenvalue weighted by atomic mass is 16.5. The van der Waals surface area contributed by atoms with Crippen LogP contribution in [0, 0.1) is 11.3 Å². The van der Waals surface area contributed by atoms with E-state index in [1.165, 1.54) is 0 Å². The number of fused-ring (bicyclic) bond motifs is 1. The molecule has 0 bridgehead atoms. The second-order valence-electron chi connectivity index (χ2n) is 3.45. The molecule has 1 aromatic carbocycles. The molecule has 1 aliphatic rings. The molecule has 1 aromatic rings. The van der Waals surface area contributed by atoms with E-state index >= 15 is 0 Å². The topological polar surface area (TPSA) is 59.0 Å². The van der Waals surface area contributed by atoms with Gasteiger partial charge in [0.2, 0.25) is 0 Å². The molecule has 1 atom stereocenters. The fourth-order valence-corrected chi connectivity index (χ4v) is 1.66. The summed E-state index contributed by atoms with van der Waals surface area (Å²) in [5.74, 6) is 0.844. The maximum atomic E-state index is 8.56. The van der Waals surface area contributed by atoms with Crippen LogP contribution in [-0.4, -0.2) is 6.61 Å². The van der Waals surface area contributed by atoms with Crippen LogP contribution in [0.3, 0.4) is 0 Å². The van der Waals surface area contributed by atoms with Gasteiger partial charge >= 0.3 is 0 Å². The minimum Gasteiger partial charge on any atom is -0.493 e. The molecule has 0 amide bonds. The Kier molecular flexibility index (Phi) is 2.38. The Morgan fingerprint density at radius 3 is 3.21 bits per heavy atom. The molecule has 0 aliphatic carbocycles. The van der Waals surface area contributed by atoms with Gasteiger partial charge in [-0.1, -0.05) is 12.1 Å². The zero-order valence-electron chi connectivity index (χ0n) is 7.86. The molecule has 2 rings (SSSR count). The third-order valence-electron chi connectivity index (χ3n) is 2.45. The van der Waals surface area contributed by atoms with Gasteiger partial charge in [-0.05, 0) is 11.6 Å². The zero-order chi connectivity index (χ0) is 9.97. The number of hydrogen-bond donors (Lipinski definition) is 1. The minimum atomic E-state index is 0.0786. The normalized spacial score (nSPS) is 19.3. The van der Waals surface area contributed by atoms with Gasteiger partial charge in [0.05, 0.1) is 19.1 Å². The molecule has 2 N–H and O–H groups in total. The van der Waals surface area contributed by atoms with Crippen LogP contribution < -0.4 is 10.5 Å². The Balaban J connectivity index is 2.35. The predicted octanol–water partition coefficient (Wildman–Crippen LogP) is 1.53. The van der Waals surface area contributed by atoms with Crippen molar-refractivity contribution in [2.75, 3.05) is 6.61 Å². The van der Waals surface area contributed by atoms with Crippen LogP contribution in [0.4, 0.5) is 0 Å². The van der Waals surface area contributed by atoms with E-state index in [0.717, 1.165) is 23.3 Å². The van der Waals surface area contributed by atoms with Gasteiger partial charge in [-0.2, -0.15) is 5.26 Å². The first kappa shape index (κ1) is 9.04. The van der Waals surface area contributed by atoms with E-state index in [4.69, 9.17) is 15.7 Å². The van der Waals surface area contributed by atoms with Crippen LogP contribution in [0.2, 0.25) is 0 Å². The van der Waals surface area contributed by atoms with Gasteiger partial charge in [-0.3, -0.25) is 0 Å². The Morgan fingerprint density at radius 2 is 2.43 bits per heavy atom. The van der Waals surface area contributed by atoms with Crippen molar-refractivity contribution < 1.29 is 4.74 Å². The van der Waals surface area contributed by atoms with Crippen LogP contribution in [0.1, 0.15) is 23.6 Å². The van der Waals surface area contributed by atoms with Crippen molar-refractivity contribution in [3.63, 3.8) is 0 Å². The van der Waals surface area contributed by atoms with Gasteiger partial charge in [-0.15, -0.1) is 0 Å². The first-order valence-corrected chi connectivity index (χ1v) is 4.69. The van der Waals surface area contributed by atoms with Crippen LogP contribution in [-0.2, 0) is 6.42 Å². The lowest BCUT2D eigenvalue weighted by molar-refractivity contribution is 0.269. The molecule has 0 fully saturated rings. The standard InChI is InChI=1S/C11H12N2O/c12-5-3-8-1-2-9-10(13)4-6-14-11(9)7-8/h1-2,7,10H,3-4,6,13H2/t10-/m0/s1. The first-order chi connectivity index (χ1) is 6.81. The van der Waals surface area contributed by atoms with E-state index in [2.05, 4.69) is 6.07 Å². The Hall–Kier alpha value is -1.53. The van der Waals surface area contributed by atoms with Gasteiger partial charge in [0, 0.05) is 18.0 Å². The van der Waals surface area contributed by atoms with Crippen LogP contribution in [0.15, 0.2) is 18.2 Å². The van der Waals surface area contributed by atoms with Gasteiger partial charge in [-0.25, -0.2) is 0 Å². The van der Waals surface area contributed by atoms with Crippen molar-refractivity contribution in [2.24, 2.45) is 5.73 Å². The van der Waals surface area contributed by atoms with Crippen molar-refractivity contribution in [1.82, 2.24) is 0 Å². The summed E-state index contributed by atoms with van der Waals surface area (Å²) in [6.07, 6.45) is 1.29. The molecular weight excluding hydrogens is 176 g/mol. The number of nitriles is 1. The van der Waals surface area contributed by atoms with E-state index in [0.29, 0.717) is 13.0 Å². The third-order valence-corrected chi connectivity index (χ3v) is 2.45. The summed E-state index contributed by atoms with van der Waals surface area (Å²) >= 11 is 0. The largest absolute Gasteiger partial charge is 0.493 e. The molecule has 1 heterocycles. The fourth-order valence-electron chi connectivity index (χ4n) is 1.66. The highest BCUT2D eigenvalue weighted by Crippen LogP contribution is 2.31. The minimum absolute atomic E-state index is 0.0786. The van der Waals surface area contributed by atoms with Crippen molar-refractivity contribution >= 4 is 0 Å². The highest BCUT2D eigenvalue weighted by molar-refractivity contribution is 5.41. The van der Waals surface area contributed by atoms with Crippen LogP contribution >= 0.6 is 0 Å². The maximum absolute atomic E-state index is 8.56. The highest BCUT2D eigenvalue weighted by Gasteiger charge is 2.17. The number of ether oxygens (including phenoxy) is 1. The average molecular weight is 188 g/mol. The third kappa shape index (κ3) is 1.57. The van der Waals surface area contributed by atoms with Crippen molar-refractivity contribution in [3.05, 3.63) is 29.3 Å². The number of nitrogens with two attached hydrogens (primary N) is 1. The molecule has 3 nitrogen and oxygen atoms in total. The van der Waals surface area contributed by atoms with Gasteiger partial charge in [0.25, 0.3) is 0 Å². The maximum Gasteiger partial charge on any atom is 0.124 e. The van der Waals surface area contributed by atoms with E-state index in [9.17, 15) is 0 Å². The number of rotatable bonds is 1. The molecule has 0 saturated carbocycles. The second kappa shape index (κ2) is 3.69. The summed E-state index contributed by atoms with van der Waals surface area (Å²) in [7, 11) is 0. The molecule has 0 unspecified atom stereocenters. The van der Waals surface area contributed by atoms with E-state index in [1.54, 1.807) is 0 Å². The summed E-state index contributed by atoms with van der Waals surface area (Å²) in [6.45, 7) is 0.671. The van der Waals surface area contributed by atoms with Crippen molar-refractivity contribution in [3.8, 4) is 11.8 Å². The molecule has 0 aromatic heterocycles. The SMILES string of the molecule is N#CCc1ccc2c(c1)OCC[C@@H]2N. The molecule has 0 saturated heterocycles. The van der Waals surface area contributed by atoms with Crippen LogP contribution in [0.5, 0.6) is 5.75 Å². The lowest BCUT2D eigenvalue weighted by Gasteiger charge is -2.23. The summed E-state index contributed by atoms with van der Waals surface area (Å²) in [5.41, 5.74) is 7.97. The quantitative estimate of drug-likeness (QED) is 0.727. The Bertz CT molecular complexity index is 381. The lowest BCUT2D eigenvalue weighted by atomic mass is 9.99. The van der Waals surface area contributed by atoms with Gasteiger partial charge < -0.3 is 10.5 Å². The van der Waals surface area contributed by atoms with Crippen LogP contribution in [0.25, 0.3) is 0 Å². The molecule has 0 spiro atoms. The van der Waals surface area contributed by atoms with E-state index < -0.39 is 0 Å². The Labute approximate surface area is 83.1 Å². The summed E-state index contributed by atoms with van der Waals surface area (Å²) < 4.78 is 5.49. The Morgan fingerprint density at radius 1 is 1.57 bits per heavy atom. The predicted molar refractivity (Wildman–Crippen MR) is 52.8 cm³/mol. The molecule has 72 valence electrons. The second-order valence-corrected chi connectivity index (χ2v) is 3.45. The van der Waals surface area contributed by atoms with E-state index in [-0.39, 0.29) is 6.04 Å². The summed E-state index contributed by atoms with van der Waals surface area (Å²) in [4.78, 5) is 0. The van der Waals surface area contributed by atoms with Crippen molar-refractivity contribution in [2.45, 2.75) is 18.9 Å². The summed E-state index contributed by atoms with van der Waals surface area (Å²) in [6, 6.07) is 8.01. The molecule has 1 aliphatic heterocycles. The summed E-state index contributed by atoms with van der Waals surface area (Å²) in [5, 5.41) is 8.56. The average Bonchev–Trinajstić information content (AvgIpc) is 2.18. The first-order valence-electron chi connectivity index (χ1n) is 4.69. The molecule has 3 heteroatoms. The zero-order valence-corrected chi connectivity index (χ0v) is 7.86. The van der Waals surface area contributed by atoms with Gasteiger partial charge in [0.15, 0.2) is 0 Å². The molecule has 0 radical (unpaired) electrons. The monoisotopic (exact) mass is 188 g/mol. The van der Waals surface area contributed by atoms with Gasteiger partial charge in [0.1, 0.15) is 5.75 Å². The number of nitrogens with zero attached hydrogens (tertiary/aromatic N) is 1. The lowest BCUT2D eigenvalue weighted by Crippen LogP contribution is -2.20. The van der Waals surface area contributed by atoms with E-state index in [1.807, 2.05) is 18.2 Å². The number of benzene rings is 1. The molecular formula is C11H12N2O. The molecule has 14 heavy (non-hydrogen) atoms. The number of hydrogen-bond acceptors (Lipinski definition) is 3.